The van der Waals surface area contributed by atoms with E-state index in [9.17, 15) is 0 Å². The van der Waals surface area contributed by atoms with Crippen LogP contribution in [0, 0.1) is 0 Å². The van der Waals surface area contributed by atoms with Gasteiger partial charge < -0.3 is 4.57 Å². The molecule has 46 heavy (non-hydrogen) atoms. The van der Waals surface area contributed by atoms with Gasteiger partial charge in [0.05, 0.1) is 33.3 Å². The van der Waals surface area contributed by atoms with Crippen molar-refractivity contribution in [1.29, 1.82) is 0 Å². The third-order valence-corrected chi connectivity index (χ3v) is 9.33. The largest absolute Gasteiger partial charge is 0.309 e. The molecule has 6 aromatic carbocycles. The lowest BCUT2D eigenvalue weighted by molar-refractivity contribution is 0.983. The normalized spacial score (nSPS) is 11.9. The van der Waals surface area contributed by atoms with Crippen LogP contribution in [-0.2, 0) is 0 Å². The lowest BCUT2D eigenvalue weighted by Gasteiger charge is -2.13. The first kappa shape index (κ1) is 25.1. The van der Waals surface area contributed by atoms with E-state index >= 15 is 0 Å². The van der Waals surface area contributed by atoms with Gasteiger partial charge in [-0.05, 0) is 48.0 Å². The molecule has 0 aliphatic carbocycles. The fraction of sp³-hybridized carbons (Fsp3) is 0. The summed E-state index contributed by atoms with van der Waals surface area (Å²) in [5.41, 5.74) is 11.0. The lowest BCUT2D eigenvalue weighted by atomic mass is 9.95. The highest BCUT2D eigenvalue weighted by molar-refractivity contribution is 6.29. The van der Waals surface area contributed by atoms with Gasteiger partial charge in [-0.2, -0.15) is 5.10 Å². The zero-order chi connectivity index (χ0) is 30.2. The number of aromatic nitrogens is 4. The van der Waals surface area contributed by atoms with E-state index in [2.05, 4.69) is 156 Å². The molecule has 0 fully saturated rings. The Labute approximate surface area is 264 Å². The zero-order valence-electron chi connectivity index (χ0n) is 24.8. The Morgan fingerprint density at radius 1 is 0.391 bits per heavy atom. The molecule has 0 radical (unpaired) electrons. The first-order chi connectivity index (χ1) is 22.8. The summed E-state index contributed by atoms with van der Waals surface area (Å²) in [5.74, 6) is 0. The van der Waals surface area contributed by atoms with Gasteiger partial charge in [0.25, 0.3) is 0 Å². The average Bonchev–Trinajstić information content (AvgIpc) is 3.67. The number of benzene rings is 6. The summed E-state index contributed by atoms with van der Waals surface area (Å²) in [6.45, 7) is 0. The van der Waals surface area contributed by atoms with Gasteiger partial charge >= 0.3 is 0 Å². The highest BCUT2D eigenvalue weighted by Gasteiger charge is 2.19. The van der Waals surface area contributed by atoms with Crippen LogP contribution in [0.15, 0.2) is 158 Å². The number of pyridine rings is 2. The monoisotopic (exact) mass is 586 g/mol. The van der Waals surface area contributed by atoms with Crippen molar-refractivity contribution in [2.75, 3.05) is 0 Å². The van der Waals surface area contributed by atoms with Gasteiger partial charge in [0, 0.05) is 55.3 Å². The topological polar surface area (TPSA) is 35.1 Å². The molecule has 4 aromatic heterocycles. The van der Waals surface area contributed by atoms with Crippen LogP contribution in [0.25, 0.3) is 88.0 Å². The van der Waals surface area contributed by atoms with E-state index < -0.39 is 0 Å². The van der Waals surface area contributed by atoms with Gasteiger partial charge in [0.2, 0.25) is 0 Å². The number of rotatable bonds is 3. The van der Waals surface area contributed by atoms with Crippen LogP contribution in [0.2, 0.25) is 0 Å². The molecule has 0 atom stereocenters. The minimum atomic E-state index is 0.993. The van der Waals surface area contributed by atoms with Crippen LogP contribution in [-0.4, -0.2) is 19.2 Å². The van der Waals surface area contributed by atoms with Crippen molar-refractivity contribution in [2.24, 2.45) is 0 Å². The quantitative estimate of drug-likeness (QED) is 0.193. The fourth-order valence-corrected chi connectivity index (χ4v) is 7.25. The predicted molar refractivity (Wildman–Crippen MR) is 191 cm³/mol. The Morgan fingerprint density at radius 3 is 1.89 bits per heavy atom. The van der Waals surface area contributed by atoms with Crippen molar-refractivity contribution >= 4 is 59.9 Å². The number of nitrogens with zero attached hydrogens (tertiary/aromatic N) is 4. The summed E-state index contributed by atoms with van der Waals surface area (Å²) < 4.78 is 4.37. The van der Waals surface area contributed by atoms with E-state index in [1.165, 1.54) is 38.0 Å². The Hall–Kier alpha value is -6.26. The second kappa shape index (κ2) is 9.62. The molecular weight excluding hydrogens is 560 g/mol. The minimum absolute atomic E-state index is 0.993. The molecule has 0 saturated heterocycles. The third-order valence-electron chi connectivity index (χ3n) is 9.33. The first-order valence-corrected chi connectivity index (χ1v) is 15.6. The van der Waals surface area contributed by atoms with Crippen LogP contribution in [0.3, 0.4) is 0 Å². The molecule has 10 rings (SSSR count). The number of hydrogen-bond acceptors (Lipinski definition) is 2. The first-order valence-electron chi connectivity index (χ1n) is 15.6. The van der Waals surface area contributed by atoms with Gasteiger partial charge in [0.15, 0.2) is 0 Å². The highest BCUT2D eigenvalue weighted by Crippen LogP contribution is 2.42. The Morgan fingerprint density at radius 2 is 1.04 bits per heavy atom. The summed E-state index contributed by atoms with van der Waals surface area (Å²) in [5, 5.41) is 12.0. The highest BCUT2D eigenvalue weighted by atomic mass is 15.2. The van der Waals surface area contributed by atoms with Crippen molar-refractivity contribution in [3.63, 3.8) is 0 Å². The summed E-state index contributed by atoms with van der Waals surface area (Å²) >= 11 is 0. The van der Waals surface area contributed by atoms with Crippen LogP contribution in [0.4, 0.5) is 0 Å². The van der Waals surface area contributed by atoms with E-state index in [-0.39, 0.29) is 0 Å². The maximum atomic E-state index is 5.27. The molecule has 0 N–H and O–H groups in total. The van der Waals surface area contributed by atoms with Crippen molar-refractivity contribution in [1.82, 2.24) is 19.2 Å². The van der Waals surface area contributed by atoms with E-state index in [0.717, 1.165) is 50.0 Å². The van der Waals surface area contributed by atoms with Crippen molar-refractivity contribution in [3.8, 4) is 28.1 Å². The predicted octanol–water partition coefficient (Wildman–Crippen LogP) is 10.6. The Bertz CT molecular complexity index is 2790. The second-order valence-electron chi connectivity index (χ2n) is 11.9. The Balaban J connectivity index is 1.19. The fourth-order valence-electron chi connectivity index (χ4n) is 7.25. The van der Waals surface area contributed by atoms with Crippen LogP contribution in [0.1, 0.15) is 0 Å². The minimum Gasteiger partial charge on any atom is -0.309 e. The summed E-state index contributed by atoms with van der Waals surface area (Å²) in [6.07, 6.45) is 2.12. The van der Waals surface area contributed by atoms with Gasteiger partial charge in [-0.3, -0.25) is 0 Å². The molecule has 214 valence electrons. The molecule has 0 aliphatic rings. The summed E-state index contributed by atoms with van der Waals surface area (Å²) in [6, 6.07) is 53.9. The van der Waals surface area contributed by atoms with Crippen LogP contribution in [0.5, 0.6) is 0 Å². The van der Waals surface area contributed by atoms with E-state index in [4.69, 9.17) is 10.1 Å². The molecule has 10 aromatic rings. The smallest absolute Gasteiger partial charge is 0.0933 e. The molecule has 0 unspecified atom stereocenters. The third kappa shape index (κ3) is 3.61. The van der Waals surface area contributed by atoms with Gasteiger partial charge in [0.1, 0.15) is 0 Å². The van der Waals surface area contributed by atoms with E-state index in [1.807, 2.05) is 10.6 Å². The van der Waals surface area contributed by atoms with Crippen molar-refractivity contribution < 1.29 is 0 Å². The van der Waals surface area contributed by atoms with Crippen LogP contribution >= 0.6 is 0 Å². The molecule has 0 aliphatic heterocycles. The maximum absolute atomic E-state index is 5.27. The van der Waals surface area contributed by atoms with Gasteiger partial charge in [-0.25, -0.2) is 9.50 Å². The summed E-state index contributed by atoms with van der Waals surface area (Å²) in [7, 11) is 0. The molecule has 0 bridgehead atoms. The molecule has 0 amide bonds. The van der Waals surface area contributed by atoms with Gasteiger partial charge in [-0.1, -0.05) is 109 Å². The zero-order valence-corrected chi connectivity index (χ0v) is 24.8. The van der Waals surface area contributed by atoms with Crippen LogP contribution < -0.4 is 0 Å². The molecular formula is C42H26N4. The van der Waals surface area contributed by atoms with Crippen molar-refractivity contribution in [2.45, 2.75) is 0 Å². The second-order valence-corrected chi connectivity index (χ2v) is 11.9. The van der Waals surface area contributed by atoms with Gasteiger partial charge in [-0.15, -0.1) is 0 Å². The van der Waals surface area contributed by atoms with Crippen molar-refractivity contribution in [3.05, 3.63) is 158 Å². The SMILES string of the molecule is c1ccc(-n2c3ccccc3c3c4c(ccc32)c(-c2ccc(-c3ccc5c6ccccc6nn5c3)cc2)nc2ccccc24)cc1. The number of para-hydroxylation sites is 3. The van der Waals surface area contributed by atoms with E-state index in [1.54, 1.807) is 0 Å². The molecule has 4 nitrogen and oxygen atoms in total. The number of fused-ring (bicyclic) bond motifs is 10. The molecule has 0 saturated carbocycles. The standard InChI is InChI=1S/C42H26N4/c1-2-10-30(11-3-1)46-38-17-9-6-14-33(38)41-39(46)25-23-34-40(41)32-13-5-7-15-35(32)43-42(34)28-20-18-27(19-21-28)29-22-24-37-31-12-4-8-16-36(31)44-45(37)26-29/h1-26H. The number of hydrogen-bond donors (Lipinski definition) is 0. The lowest BCUT2D eigenvalue weighted by Crippen LogP contribution is -1.94. The summed E-state index contributed by atoms with van der Waals surface area (Å²) in [4.78, 5) is 5.27. The molecule has 4 heterocycles. The maximum Gasteiger partial charge on any atom is 0.0933 e. The Kier molecular flexibility index (Phi) is 5.25. The molecule has 4 heteroatoms. The average molecular weight is 587 g/mol. The van der Waals surface area contributed by atoms with E-state index in [0.29, 0.717) is 0 Å². The molecule has 0 spiro atoms.